The van der Waals surface area contributed by atoms with E-state index < -0.39 is 11.9 Å². The van der Waals surface area contributed by atoms with Crippen LogP contribution >= 0.6 is 55.1 Å². The van der Waals surface area contributed by atoms with Crippen LogP contribution in [0.2, 0.25) is 10.0 Å². The van der Waals surface area contributed by atoms with Gasteiger partial charge in [-0.25, -0.2) is 0 Å². The van der Waals surface area contributed by atoms with Gasteiger partial charge in [-0.2, -0.15) is 0 Å². The monoisotopic (exact) mass is 536 g/mol. The molecule has 2 saturated carbocycles. The van der Waals surface area contributed by atoms with Crippen LogP contribution in [0.4, 0.5) is 5.69 Å². The summed E-state index contributed by atoms with van der Waals surface area (Å²) >= 11 is 19.4. The molecule has 9 heteroatoms. The van der Waals surface area contributed by atoms with Crippen molar-refractivity contribution in [3.05, 3.63) is 28.2 Å². The van der Waals surface area contributed by atoms with Crippen molar-refractivity contribution in [2.24, 2.45) is 23.7 Å². The van der Waals surface area contributed by atoms with Gasteiger partial charge < -0.3 is 5.32 Å². The Balaban J connectivity index is 1.55. The molecule has 1 aliphatic heterocycles. The number of fused-ring (bicyclic) bond motifs is 5. The van der Waals surface area contributed by atoms with E-state index >= 15 is 0 Å². The van der Waals surface area contributed by atoms with E-state index in [0.29, 0.717) is 10.7 Å². The lowest BCUT2D eigenvalue weighted by Crippen LogP contribution is -2.46. The lowest BCUT2D eigenvalue weighted by molar-refractivity contribution is -0.146. The van der Waals surface area contributed by atoms with Crippen LogP contribution in [-0.4, -0.2) is 38.3 Å². The predicted octanol–water partition coefficient (Wildman–Crippen LogP) is 4.10. The fourth-order valence-corrected chi connectivity index (χ4v) is 6.93. The number of amides is 3. The normalized spacial score (nSPS) is 35.5. The number of benzene rings is 1. The molecule has 27 heavy (non-hydrogen) atoms. The maximum Gasteiger partial charge on any atom is 0.247 e. The van der Waals surface area contributed by atoms with Gasteiger partial charge in [0.25, 0.3) is 0 Å². The number of hydrogen-bond acceptors (Lipinski definition) is 3. The molecule has 7 atom stereocenters. The molecule has 0 unspecified atom stereocenters. The van der Waals surface area contributed by atoms with Crippen molar-refractivity contribution in [3.63, 3.8) is 0 Å². The molecule has 4 rings (SSSR count). The van der Waals surface area contributed by atoms with E-state index in [9.17, 15) is 14.4 Å². The topological polar surface area (TPSA) is 66.5 Å². The average Bonchev–Trinajstić information content (AvgIpc) is 3.23. The molecule has 1 heterocycles. The van der Waals surface area contributed by atoms with E-state index in [4.69, 9.17) is 23.2 Å². The highest BCUT2D eigenvalue weighted by Crippen LogP contribution is 2.60. The number of likely N-dealkylation sites (tertiary alicyclic amines) is 1. The summed E-state index contributed by atoms with van der Waals surface area (Å²) < 4.78 is 0. The first kappa shape index (κ1) is 19.7. The fourth-order valence-electron chi connectivity index (χ4n) is 4.71. The van der Waals surface area contributed by atoms with Crippen molar-refractivity contribution in [2.45, 2.75) is 29.0 Å². The van der Waals surface area contributed by atoms with Gasteiger partial charge >= 0.3 is 0 Å². The third kappa shape index (κ3) is 2.88. The Bertz CT molecular complexity index is 820. The van der Waals surface area contributed by atoms with Crippen LogP contribution in [0.15, 0.2) is 18.2 Å². The lowest BCUT2D eigenvalue weighted by atomic mass is 9.81. The molecule has 0 spiro atoms. The van der Waals surface area contributed by atoms with E-state index in [2.05, 4.69) is 37.2 Å². The predicted molar refractivity (Wildman–Crippen MR) is 110 cm³/mol. The third-order valence-electron chi connectivity index (χ3n) is 6.00. The maximum atomic E-state index is 13.0. The Labute approximate surface area is 183 Å². The number of rotatable bonds is 3. The fraction of sp³-hybridized carbons (Fsp3) is 0.500. The minimum Gasteiger partial charge on any atom is -0.323 e. The van der Waals surface area contributed by atoms with Crippen LogP contribution in [0.5, 0.6) is 0 Å². The Morgan fingerprint density at radius 3 is 2.26 bits per heavy atom. The van der Waals surface area contributed by atoms with Crippen molar-refractivity contribution in [1.82, 2.24) is 4.90 Å². The third-order valence-corrected chi connectivity index (χ3v) is 10.0. The van der Waals surface area contributed by atoms with Crippen molar-refractivity contribution < 1.29 is 14.4 Å². The number of imide groups is 1. The van der Waals surface area contributed by atoms with Crippen molar-refractivity contribution in [2.75, 3.05) is 5.32 Å². The second kappa shape index (κ2) is 7.01. The number of alkyl halides is 2. The van der Waals surface area contributed by atoms with Crippen LogP contribution in [-0.2, 0) is 14.4 Å². The van der Waals surface area contributed by atoms with Gasteiger partial charge in [-0.15, -0.1) is 0 Å². The number of carbonyl (C=O) groups excluding carboxylic acids is 3. The average molecular weight is 539 g/mol. The summed E-state index contributed by atoms with van der Waals surface area (Å²) in [6.07, 6.45) is 0.852. The van der Waals surface area contributed by atoms with Gasteiger partial charge in [0.1, 0.15) is 6.04 Å². The maximum absolute atomic E-state index is 13.0. The summed E-state index contributed by atoms with van der Waals surface area (Å²) in [6.45, 7) is 1.56. The second-order valence-corrected chi connectivity index (χ2v) is 10.2. The molecule has 1 saturated heterocycles. The van der Waals surface area contributed by atoms with Gasteiger partial charge in [-0.1, -0.05) is 61.1 Å². The Hall–Kier alpha value is -0.630. The molecule has 144 valence electrons. The zero-order chi connectivity index (χ0) is 19.6. The van der Waals surface area contributed by atoms with Crippen molar-refractivity contribution >= 4 is 78.5 Å². The summed E-state index contributed by atoms with van der Waals surface area (Å²) in [4.78, 5) is 40.2. The number of hydrogen-bond donors (Lipinski definition) is 1. The summed E-state index contributed by atoms with van der Waals surface area (Å²) in [5, 5.41) is 3.20. The van der Waals surface area contributed by atoms with Crippen LogP contribution in [0.1, 0.15) is 13.3 Å². The molecule has 2 bridgehead atoms. The van der Waals surface area contributed by atoms with E-state index in [1.54, 1.807) is 25.1 Å². The van der Waals surface area contributed by atoms with Crippen LogP contribution in [0.3, 0.4) is 0 Å². The van der Waals surface area contributed by atoms with E-state index in [1.165, 1.54) is 0 Å². The van der Waals surface area contributed by atoms with Crippen LogP contribution in [0.25, 0.3) is 0 Å². The van der Waals surface area contributed by atoms with Gasteiger partial charge in [0.15, 0.2) is 0 Å². The number of carbonyl (C=O) groups is 3. The number of nitrogens with one attached hydrogen (secondary N) is 1. The molecule has 1 aromatic rings. The molecule has 0 radical (unpaired) electrons. The summed E-state index contributed by atoms with van der Waals surface area (Å²) in [6, 6.07) is 3.97. The zero-order valence-corrected chi connectivity index (χ0v) is 18.8. The molecule has 5 nitrogen and oxygen atoms in total. The molecule has 2 aliphatic carbocycles. The number of halogens is 4. The SMILES string of the molecule is C[C@H](C(=O)Nc1cccc(Cl)c1Cl)N1C(=O)[C@@H]2[C@H]3C[C@@H]([C@H](Br)[C@@H]3Br)[C@@H]2C1=O. The summed E-state index contributed by atoms with van der Waals surface area (Å²) in [5.41, 5.74) is 0.349. The highest BCUT2D eigenvalue weighted by atomic mass is 79.9. The van der Waals surface area contributed by atoms with Gasteiger partial charge in [-0.05, 0) is 37.3 Å². The van der Waals surface area contributed by atoms with E-state index in [-0.39, 0.29) is 50.2 Å². The molecule has 3 amide bonds. The smallest absolute Gasteiger partial charge is 0.247 e. The molecule has 1 N–H and O–H groups in total. The first-order valence-corrected chi connectivity index (χ1v) is 11.2. The van der Waals surface area contributed by atoms with E-state index in [0.717, 1.165) is 11.3 Å². The first-order chi connectivity index (χ1) is 12.7. The lowest BCUT2D eigenvalue weighted by Gasteiger charge is -2.28. The molecule has 1 aromatic carbocycles. The molecule has 3 aliphatic rings. The summed E-state index contributed by atoms with van der Waals surface area (Å²) in [7, 11) is 0. The van der Waals surface area contributed by atoms with Gasteiger partial charge in [0, 0.05) is 9.65 Å². The van der Waals surface area contributed by atoms with Crippen molar-refractivity contribution in [3.8, 4) is 0 Å². The van der Waals surface area contributed by atoms with Gasteiger partial charge in [0.2, 0.25) is 17.7 Å². The zero-order valence-electron chi connectivity index (χ0n) is 14.2. The standard InChI is InChI=1S/C18H16Br2Cl2N2O3/c1-6(16(25)23-10-4-2-3-9(21)15(10)22)24-17(26)11-7-5-8(12(11)18(24)27)14(20)13(7)19/h2-4,6-8,11-14H,5H2,1H3,(H,23,25)/t6-,7-,8-,11-,12+,13-,14+/m1/s1. The minimum absolute atomic E-state index is 0.114. The Morgan fingerprint density at radius 1 is 1.15 bits per heavy atom. The summed E-state index contributed by atoms with van der Waals surface area (Å²) in [5.74, 6) is -1.43. The largest absolute Gasteiger partial charge is 0.323 e. The molecule has 3 fully saturated rings. The highest BCUT2D eigenvalue weighted by Gasteiger charge is 2.67. The Morgan fingerprint density at radius 2 is 1.70 bits per heavy atom. The van der Waals surface area contributed by atoms with Crippen molar-refractivity contribution in [1.29, 1.82) is 0 Å². The van der Waals surface area contributed by atoms with Gasteiger partial charge in [0.05, 0.1) is 27.6 Å². The quantitative estimate of drug-likeness (QED) is 0.465. The first-order valence-electron chi connectivity index (χ1n) is 8.64. The van der Waals surface area contributed by atoms with Gasteiger partial charge in [-0.3, -0.25) is 19.3 Å². The second-order valence-electron chi connectivity index (χ2n) is 7.32. The number of nitrogens with zero attached hydrogens (tertiary/aromatic N) is 1. The van der Waals surface area contributed by atoms with Crippen LogP contribution in [0, 0.1) is 23.7 Å². The van der Waals surface area contributed by atoms with E-state index in [1.807, 2.05) is 0 Å². The molecule has 0 aromatic heterocycles. The molecular formula is C18H16Br2Cl2N2O3. The minimum atomic E-state index is -0.924. The Kier molecular flexibility index (Phi) is 5.11. The highest BCUT2D eigenvalue weighted by molar-refractivity contribution is 9.12. The number of anilines is 1. The molecular weight excluding hydrogens is 523 g/mol. The van der Waals surface area contributed by atoms with Crippen LogP contribution < -0.4 is 5.32 Å².